The molecule has 0 aliphatic heterocycles. The summed E-state index contributed by atoms with van der Waals surface area (Å²) in [5, 5.41) is 0. The lowest BCUT2D eigenvalue weighted by Gasteiger charge is -2.19. The van der Waals surface area contributed by atoms with E-state index in [1.54, 1.807) is 24.3 Å². The molecule has 0 spiro atoms. The molecule has 0 aromatic heterocycles. The van der Waals surface area contributed by atoms with Crippen molar-refractivity contribution in [1.82, 2.24) is 0 Å². The molecule has 4 nitrogen and oxygen atoms in total. The Hall–Kier alpha value is -2.40. The molecule has 138 valence electrons. The fraction of sp³-hybridized carbons (Fsp3) is 0.333. The van der Waals surface area contributed by atoms with Crippen LogP contribution in [-0.2, 0) is 20.7 Å². The zero-order chi connectivity index (χ0) is 19.0. The number of benzene rings is 2. The minimum atomic E-state index is -1.30. The second-order valence-corrected chi connectivity index (χ2v) is 13.0. The van der Waals surface area contributed by atoms with Crippen molar-refractivity contribution in [1.29, 1.82) is 0 Å². The van der Waals surface area contributed by atoms with Crippen LogP contribution in [0.5, 0.6) is 0 Å². The number of esters is 2. The van der Waals surface area contributed by atoms with Crippen LogP contribution in [0.4, 0.5) is 0 Å². The lowest BCUT2D eigenvalue weighted by molar-refractivity contribution is -0.153. The maximum absolute atomic E-state index is 12.5. The van der Waals surface area contributed by atoms with Gasteiger partial charge >= 0.3 is 11.9 Å². The second-order valence-electron chi connectivity index (χ2n) is 7.43. The van der Waals surface area contributed by atoms with Crippen LogP contribution in [0.25, 0.3) is 0 Å². The Morgan fingerprint density at radius 1 is 0.923 bits per heavy atom. The molecule has 0 heterocycles. The Bertz CT molecular complexity index is 708. The molecule has 0 aliphatic rings. The summed E-state index contributed by atoms with van der Waals surface area (Å²) in [6, 6.07) is 19.0. The highest BCUT2D eigenvalue weighted by Gasteiger charge is 2.26. The molecule has 0 radical (unpaired) electrons. The van der Waals surface area contributed by atoms with Crippen LogP contribution in [0.3, 0.4) is 0 Å². The molecule has 2 aromatic carbocycles. The Morgan fingerprint density at radius 3 is 2.08 bits per heavy atom. The largest absolute Gasteiger partial charge is 0.463 e. The van der Waals surface area contributed by atoms with Crippen molar-refractivity contribution in [2.75, 3.05) is 6.61 Å². The first kappa shape index (κ1) is 19.9. The molecule has 1 atom stereocenters. The lowest BCUT2D eigenvalue weighted by atomic mass is 10.1. The normalized spacial score (nSPS) is 12.3. The summed E-state index contributed by atoms with van der Waals surface area (Å²) >= 11 is 0. The van der Waals surface area contributed by atoms with E-state index in [0.29, 0.717) is 18.6 Å². The van der Waals surface area contributed by atoms with E-state index in [9.17, 15) is 9.59 Å². The molecule has 1 unspecified atom stereocenters. The van der Waals surface area contributed by atoms with Crippen LogP contribution in [0.15, 0.2) is 60.7 Å². The number of rotatable bonds is 8. The van der Waals surface area contributed by atoms with Crippen LogP contribution < -0.4 is 0 Å². The third-order valence-electron chi connectivity index (χ3n) is 3.88. The maximum Gasteiger partial charge on any atom is 0.347 e. The first-order chi connectivity index (χ1) is 12.3. The second kappa shape index (κ2) is 9.34. The Kier molecular flexibility index (Phi) is 7.15. The van der Waals surface area contributed by atoms with Crippen molar-refractivity contribution in [3.63, 3.8) is 0 Å². The van der Waals surface area contributed by atoms with Gasteiger partial charge in [0, 0.05) is 14.5 Å². The van der Waals surface area contributed by atoms with Crippen LogP contribution in [0, 0.1) is 0 Å². The van der Waals surface area contributed by atoms with Crippen molar-refractivity contribution in [2.24, 2.45) is 0 Å². The summed E-state index contributed by atoms with van der Waals surface area (Å²) in [7, 11) is -1.30. The van der Waals surface area contributed by atoms with Gasteiger partial charge in [-0.15, -0.1) is 0 Å². The average Bonchev–Trinajstić information content (AvgIpc) is 2.61. The van der Waals surface area contributed by atoms with Crippen LogP contribution in [0.2, 0.25) is 25.7 Å². The molecule has 0 N–H and O–H groups in total. The molecular weight excluding hydrogens is 344 g/mol. The molecule has 2 aromatic rings. The summed E-state index contributed by atoms with van der Waals surface area (Å²) in [4.78, 5) is 24.9. The lowest BCUT2D eigenvalue weighted by Crippen LogP contribution is -2.32. The van der Waals surface area contributed by atoms with Gasteiger partial charge in [0.15, 0.2) is 0 Å². The molecule has 26 heavy (non-hydrogen) atoms. The predicted molar refractivity (Wildman–Crippen MR) is 105 cm³/mol. The third-order valence-corrected chi connectivity index (χ3v) is 5.59. The molecule has 0 amide bonds. The van der Waals surface area contributed by atoms with Crippen molar-refractivity contribution in [2.45, 2.75) is 38.2 Å². The molecule has 0 fully saturated rings. The minimum Gasteiger partial charge on any atom is -0.463 e. The van der Waals surface area contributed by atoms with Gasteiger partial charge in [0.05, 0.1) is 12.2 Å². The van der Waals surface area contributed by atoms with Gasteiger partial charge in [0.2, 0.25) is 6.10 Å². The first-order valence-corrected chi connectivity index (χ1v) is 12.5. The predicted octanol–water partition coefficient (Wildman–Crippen LogP) is 4.34. The van der Waals surface area contributed by atoms with Crippen molar-refractivity contribution in [3.05, 3.63) is 71.8 Å². The van der Waals surface area contributed by atoms with Crippen molar-refractivity contribution >= 4 is 20.0 Å². The Labute approximate surface area is 156 Å². The SMILES string of the molecule is C[Si](C)(C)CCOC(=O)C(Cc1ccccc1)OC(=O)c1ccccc1. The Balaban J connectivity index is 2.05. The fourth-order valence-electron chi connectivity index (χ4n) is 2.32. The van der Waals surface area contributed by atoms with Crippen molar-refractivity contribution in [3.8, 4) is 0 Å². The number of hydrogen-bond acceptors (Lipinski definition) is 4. The summed E-state index contributed by atoms with van der Waals surface area (Å²) in [5.41, 5.74) is 1.33. The standard InChI is InChI=1S/C21H26O4Si/c1-26(2,3)15-14-24-21(23)19(16-17-10-6-4-7-11-17)25-20(22)18-12-8-5-9-13-18/h4-13,19H,14-16H2,1-3H3. The van der Waals surface area contributed by atoms with Gasteiger partial charge in [-0.1, -0.05) is 68.2 Å². The molecule has 0 aliphatic carbocycles. The minimum absolute atomic E-state index is 0.297. The van der Waals surface area contributed by atoms with Gasteiger partial charge in [-0.2, -0.15) is 0 Å². The average molecular weight is 371 g/mol. The van der Waals surface area contributed by atoms with Crippen LogP contribution >= 0.6 is 0 Å². The number of carbonyl (C=O) groups is 2. The highest BCUT2D eigenvalue weighted by molar-refractivity contribution is 6.76. The number of ether oxygens (including phenoxy) is 2. The van der Waals surface area contributed by atoms with Gasteiger partial charge in [0.1, 0.15) is 0 Å². The fourth-order valence-corrected chi connectivity index (χ4v) is 3.04. The zero-order valence-electron chi connectivity index (χ0n) is 15.6. The molecule has 0 bridgehead atoms. The van der Waals surface area contributed by atoms with Crippen LogP contribution in [0.1, 0.15) is 15.9 Å². The molecule has 0 saturated carbocycles. The van der Waals surface area contributed by atoms with Gasteiger partial charge in [0.25, 0.3) is 0 Å². The molecule has 5 heteroatoms. The van der Waals surface area contributed by atoms with E-state index in [1.165, 1.54) is 0 Å². The Morgan fingerprint density at radius 2 is 1.50 bits per heavy atom. The zero-order valence-corrected chi connectivity index (χ0v) is 16.6. The van der Waals surface area contributed by atoms with Gasteiger partial charge in [-0.25, -0.2) is 9.59 Å². The highest BCUT2D eigenvalue weighted by atomic mass is 28.3. The molecule has 0 saturated heterocycles. The van der Waals surface area contributed by atoms with E-state index >= 15 is 0 Å². The van der Waals surface area contributed by atoms with E-state index in [-0.39, 0.29) is 0 Å². The smallest absolute Gasteiger partial charge is 0.347 e. The monoisotopic (exact) mass is 370 g/mol. The van der Waals surface area contributed by atoms with Gasteiger partial charge < -0.3 is 9.47 Å². The van der Waals surface area contributed by atoms with E-state index < -0.39 is 26.1 Å². The first-order valence-electron chi connectivity index (χ1n) is 8.82. The number of carbonyl (C=O) groups excluding carboxylic acids is 2. The summed E-state index contributed by atoms with van der Waals surface area (Å²) in [5.74, 6) is -1.01. The van der Waals surface area contributed by atoms with E-state index in [2.05, 4.69) is 19.6 Å². The summed E-state index contributed by atoms with van der Waals surface area (Å²) in [6.45, 7) is 7.02. The maximum atomic E-state index is 12.5. The topological polar surface area (TPSA) is 52.6 Å². The van der Waals surface area contributed by atoms with E-state index in [4.69, 9.17) is 9.47 Å². The third kappa shape index (κ3) is 6.84. The number of hydrogen-bond donors (Lipinski definition) is 0. The van der Waals surface area contributed by atoms with Crippen LogP contribution in [-0.4, -0.2) is 32.7 Å². The quantitative estimate of drug-likeness (QED) is 0.512. The van der Waals surface area contributed by atoms with Gasteiger partial charge in [-0.3, -0.25) is 0 Å². The van der Waals surface area contributed by atoms with Gasteiger partial charge in [-0.05, 0) is 23.7 Å². The summed E-state index contributed by atoms with van der Waals surface area (Å²) in [6.07, 6.45) is -0.655. The molecular formula is C21H26O4Si. The van der Waals surface area contributed by atoms with E-state index in [0.717, 1.165) is 11.6 Å². The summed E-state index contributed by atoms with van der Waals surface area (Å²) < 4.78 is 10.9. The highest BCUT2D eigenvalue weighted by Crippen LogP contribution is 2.13. The van der Waals surface area contributed by atoms with Crippen molar-refractivity contribution < 1.29 is 19.1 Å². The molecule has 2 rings (SSSR count). The van der Waals surface area contributed by atoms with E-state index in [1.807, 2.05) is 36.4 Å².